The van der Waals surface area contributed by atoms with Gasteiger partial charge in [-0.1, -0.05) is 29.8 Å². The molecule has 0 bridgehead atoms. The number of anilines is 1. The summed E-state index contributed by atoms with van der Waals surface area (Å²) in [5, 5.41) is 14.0. The van der Waals surface area contributed by atoms with Gasteiger partial charge in [0.25, 0.3) is 11.8 Å². The van der Waals surface area contributed by atoms with Gasteiger partial charge in [0.1, 0.15) is 0 Å². The number of hydrogen-bond donors (Lipinski definition) is 3. The van der Waals surface area contributed by atoms with Gasteiger partial charge in [0.15, 0.2) is 0 Å². The Kier molecular flexibility index (Phi) is 7.82. The fourth-order valence-corrected chi connectivity index (χ4v) is 3.31. The molecular formula is C22H20ClF7N2O3. The number of benzene rings is 2. The van der Waals surface area contributed by atoms with Crippen LogP contribution in [0.3, 0.4) is 0 Å². The highest BCUT2D eigenvalue weighted by Gasteiger charge is 2.73. The Labute approximate surface area is 200 Å². The van der Waals surface area contributed by atoms with Crippen molar-refractivity contribution < 1.29 is 45.4 Å². The van der Waals surface area contributed by atoms with Gasteiger partial charge < -0.3 is 15.7 Å². The number of nitrogens with one attached hydrogen (secondary N) is 2. The van der Waals surface area contributed by atoms with Crippen LogP contribution >= 0.6 is 11.6 Å². The van der Waals surface area contributed by atoms with Crippen molar-refractivity contribution in [3.05, 3.63) is 63.7 Å². The van der Waals surface area contributed by atoms with Crippen molar-refractivity contribution in [2.75, 3.05) is 11.9 Å². The molecule has 2 aromatic rings. The van der Waals surface area contributed by atoms with E-state index in [-0.39, 0.29) is 33.5 Å². The van der Waals surface area contributed by atoms with Gasteiger partial charge in [0, 0.05) is 11.3 Å². The van der Waals surface area contributed by atoms with Gasteiger partial charge in [-0.3, -0.25) is 9.59 Å². The summed E-state index contributed by atoms with van der Waals surface area (Å²) < 4.78 is 92.4. The first-order valence-electron chi connectivity index (χ1n) is 9.82. The normalized spacial score (nSPS) is 12.9. The van der Waals surface area contributed by atoms with E-state index in [1.165, 1.54) is 32.0 Å². The van der Waals surface area contributed by atoms with Crippen LogP contribution in [0.25, 0.3) is 0 Å². The maximum atomic E-state index is 14.3. The number of aliphatic hydroxyl groups excluding tert-OH is 1. The van der Waals surface area contributed by atoms with E-state index in [4.69, 9.17) is 11.6 Å². The number of carbonyl (C=O) groups excluding carboxylic acids is 2. The average Bonchev–Trinajstić information content (AvgIpc) is 2.72. The van der Waals surface area contributed by atoms with E-state index in [1.54, 1.807) is 0 Å². The minimum absolute atomic E-state index is 0.131. The quantitative estimate of drug-likeness (QED) is 0.422. The van der Waals surface area contributed by atoms with Crippen molar-refractivity contribution in [1.29, 1.82) is 0 Å². The number of amides is 2. The minimum Gasteiger partial charge on any atom is -0.394 e. The Hall–Kier alpha value is -2.86. The van der Waals surface area contributed by atoms with E-state index >= 15 is 0 Å². The molecule has 2 amide bonds. The zero-order chi connectivity index (χ0) is 27.0. The molecule has 0 saturated carbocycles. The van der Waals surface area contributed by atoms with E-state index in [2.05, 4.69) is 10.6 Å². The third-order valence-corrected chi connectivity index (χ3v) is 5.30. The zero-order valence-corrected chi connectivity index (χ0v) is 19.2. The van der Waals surface area contributed by atoms with Crippen LogP contribution in [0.4, 0.5) is 36.4 Å². The predicted octanol–water partition coefficient (Wildman–Crippen LogP) is 5.69. The maximum Gasteiger partial charge on any atom is 0.435 e. The molecule has 0 fully saturated rings. The van der Waals surface area contributed by atoms with Crippen LogP contribution < -0.4 is 10.6 Å². The third kappa shape index (κ3) is 5.69. The van der Waals surface area contributed by atoms with E-state index < -0.39 is 47.5 Å². The molecule has 0 aliphatic rings. The first-order chi connectivity index (χ1) is 15.9. The number of aryl methyl sites for hydroxylation is 1. The second kappa shape index (κ2) is 9.65. The predicted molar refractivity (Wildman–Crippen MR) is 114 cm³/mol. The Morgan fingerprint density at radius 1 is 0.943 bits per heavy atom. The molecule has 3 N–H and O–H groups in total. The van der Waals surface area contributed by atoms with E-state index in [0.29, 0.717) is 12.1 Å². The van der Waals surface area contributed by atoms with Crippen LogP contribution in [-0.2, 0) is 5.67 Å². The summed E-state index contributed by atoms with van der Waals surface area (Å²) in [6, 6.07) is 5.14. The van der Waals surface area contributed by atoms with Crippen LogP contribution in [0.15, 0.2) is 36.4 Å². The van der Waals surface area contributed by atoms with Crippen molar-refractivity contribution in [3.8, 4) is 0 Å². The van der Waals surface area contributed by atoms with E-state index in [9.17, 15) is 45.4 Å². The fourth-order valence-electron chi connectivity index (χ4n) is 3.05. The summed E-state index contributed by atoms with van der Waals surface area (Å²) in [4.78, 5) is 25.5. The fraction of sp³-hybridized carbons (Fsp3) is 0.364. The number of carbonyl (C=O) groups is 2. The van der Waals surface area contributed by atoms with Gasteiger partial charge in [-0.2, -0.15) is 26.3 Å². The number of halogens is 8. The first-order valence-corrected chi connectivity index (χ1v) is 10.2. The zero-order valence-electron chi connectivity index (χ0n) is 18.5. The average molecular weight is 529 g/mol. The van der Waals surface area contributed by atoms with Crippen molar-refractivity contribution in [3.63, 3.8) is 0 Å². The van der Waals surface area contributed by atoms with Gasteiger partial charge in [0.2, 0.25) is 0 Å². The van der Waals surface area contributed by atoms with E-state index in [1.807, 2.05) is 0 Å². The van der Waals surface area contributed by atoms with Crippen molar-refractivity contribution in [1.82, 2.24) is 5.32 Å². The van der Waals surface area contributed by atoms with Crippen LogP contribution in [0.5, 0.6) is 0 Å². The lowest BCUT2D eigenvalue weighted by atomic mass is 9.92. The summed E-state index contributed by atoms with van der Waals surface area (Å²) in [5.74, 6) is -1.78. The van der Waals surface area contributed by atoms with Crippen molar-refractivity contribution in [2.45, 2.75) is 44.3 Å². The highest BCUT2D eigenvalue weighted by Crippen LogP contribution is 2.53. The molecule has 0 unspecified atom stereocenters. The maximum absolute atomic E-state index is 14.3. The molecule has 0 atom stereocenters. The molecule has 0 saturated heterocycles. The SMILES string of the molecule is Cc1cc(C(F)(C(F)(F)F)C(F)(F)F)ccc1NC(=O)c1cccc(Cl)c1C(=O)NC(C)(C)CO. The molecule has 0 aliphatic carbocycles. The monoisotopic (exact) mass is 528 g/mol. The summed E-state index contributed by atoms with van der Waals surface area (Å²) in [7, 11) is 0. The summed E-state index contributed by atoms with van der Waals surface area (Å²) in [6.45, 7) is 3.63. The molecule has 0 spiro atoms. The molecule has 2 aromatic carbocycles. The van der Waals surface area contributed by atoms with Crippen molar-refractivity contribution in [2.24, 2.45) is 0 Å². The van der Waals surface area contributed by atoms with Crippen molar-refractivity contribution >= 4 is 29.1 Å². The largest absolute Gasteiger partial charge is 0.435 e. The van der Waals surface area contributed by atoms with Gasteiger partial charge in [-0.15, -0.1) is 0 Å². The van der Waals surface area contributed by atoms with Crippen LogP contribution in [0, 0.1) is 6.92 Å². The number of rotatable bonds is 6. The second-order valence-corrected chi connectivity index (χ2v) is 8.70. The summed E-state index contributed by atoms with van der Waals surface area (Å²) in [5.41, 5.74) is -9.48. The Balaban J connectivity index is 2.44. The molecular weight excluding hydrogens is 509 g/mol. The smallest absolute Gasteiger partial charge is 0.394 e. The Morgan fingerprint density at radius 3 is 2.00 bits per heavy atom. The molecule has 0 aromatic heterocycles. The van der Waals surface area contributed by atoms with Crippen LogP contribution in [0.2, 0.25) is 5.02 Å². The second-order valence-electron chi connectivity index (χ2n) is 8.30. The Bertz CT molecular complexity index is 1120. The molecule has 13 heteroatoms. The molecule has 0 aliphatic heterocycles. The standard InChI is InChI=1S/C22H20ClF7N2O3/c1-11-9-12(20(24,21(25,26)27)22(28,29)30)7-8-15(11)31-17(34)13-5-4-6-14(23)16(13)18(35)32-19(2,3)10-33/h4-9,33H,10H2,1-3H3,(H,31,34)(H,32,35). The molecule has 192 valence electrons. The molecule has 0 heterocycles. The van der Waals surface area contributed by atoms with Gasteiger partial charge in [-0.05, 0) is 44.5 Å². The summed E-state index contributed by atoms with van der Waals surface area (Å²) >= 11 is 6.07. The number of hydrogen-bond acceptors (Lipinski definition) is 3. The van der Waals surface area contributed by atoms with Gasteiger partial charge >= 0.3 is 18.0 Å². The van der Waals surface area contributed by atoms with Crippen LogP contribution in [0.1, 0.15) is 45.7 Å². The lowest BCUT2D eigenvalue weighted by molar-refractivity contribution is -0.348. The van der Waals surface area contributed by atoms with Gasteiger partial charge in [-0.25, -0.2) is 4.39 Å². The lowest BCUT2D eigenvalue weighted by Gasteiger charge is -2.30. The van der Waals surface area contributed by atoms with Gasteiger partial charge in [0.05, 0.1) is 28.3 Å². The van der Waals surface area contributed by atoms with Crippen LogP contribution in [-0.4, -0.2) is 41.4 Å². The lowest BCUT2D eigenvalue weighted by Crippen LogP contribution is -2.50. The highest BCUT2D eigenvalue weighted by atomic mass is 35.5. The topological polar surface area (TPSA) is 78.4 Å². The summed E-state index contributed by atoms with van der Waals surface area (Å²) in [6.07, 6.45) is -12.6. The number of alkyl halides is 7. The third-order valence-electron chi connectivity index (χ3n) is 4.99. The molecule has 35 heavy (non-hydrogen) atoms. The molecule has 0 radical (unpaired) electrons. The minimum atomic E-state index is -6.28. The first kappa shape index (κ1) is 28.4. The van der Waals surface area contributed by atoms with E-state index in [0.717, 1.165) is 6.92 Å². The molecule has 2 rings (SSSR count). The molecule has 5 nitrogen and oxygen atoms in total. The number of aliphatic hydroxyl groups is 1. The highest BCUT2D eigenvalue weighted by molar-refractivity contribution is 6.35. The Morgan fingerprint density at radius 2 is 1.51 bits per heavy atom.